The third-order valence-electron chi connectivity index (χ3n) is 2.69. The Bertz CT molecular complexity index is 246. The van der Waals surface area contributed by atoms with Gasteiger partial charge in [-0.1, -0.05) is 13.3 Å². The van der Waals surface area contributed by atoms with Crippen molar-refractivity contribution in [2.75, 3.05) is 0 Å². The third kappa shape index (κ3) is 2.05. The number of hydrogen-bond donors (Lipinski definition) is 2. The van der Waals surface area contributed by atoms with Crippen LogP contribution in [0.2, 0.25) is 0 Å². The van der Waals surface area contributed by atoms with Crippen LogP contribution in [-0.2, 0) is 9.59 Å². The van der Waals surface area contributed by atoms with Crippen molar-refractivity contribution in [1.29, 1.82) is 0 Å². The van der Waals surface area contributed by atoms with Gasteiger partial charge >= 0.3 is 5.97 Å². The second-order valence-electron chi connectivity index (χ2n) is 4.05. The number of carboxylic acid groups (broad SMARTS) is 1. The molecular weight excluding hydrogens is 182 g/mol. The van der Waals surface area contributed by atoms with Crippen molar-refractivity contribution in [2.45, 2.75) is 45.6 Å². The van der Waals surface area contributed by atoms with E-state index in [-0.39, 0.29) is 11.9 Å². The van der Waals surface area contributed by atoms with E-state index in [2.05, 4.69) is 5.32 Å². The molecule has 0 aromatic heterocycles. The first-order valence-electron chi connectivity index (χ1n) is 5.07. The van der Waals surface area contributed by atoms with Crippen molar-refractivity contribution >= 4 is 11.9 Å². The summed E-state index contributed by atoms with van der Waals surface area (Å²) < 4.78 is 0. The molecule has 80 valence electrons. The smallest absolute Gasteiger partial charge is 0.319 e. The number of carbonyl (C=O) groups excluding carboxylic acids is 1. The van der Waals surface area contributed by atoms with E-state index in [0.29, 0.717) is 12.8 Å². The van der Waals surface area contributed by atoms with E-state index in [9.17, 15) is 9.59 Å². The van der Waals surface area contributed by atoms with Crippen LogP contribution in [0.25, 0.3) is 0 Å². The van der Waals surface area contributed by atoms with Gasteiger partial charge in [0.2, 0.25) is 5.91 Å². The van der Waals surface area contributed by atoms with Crippen molar-refractivity contribution in [1.82, 2.24) is 5.32 Å². The molecule has 4 heteroatoms. The van der Waals surface area contributed by atoms with Gasteiger partial charge in [0, 0.05) is 6.04 Å². The largest absolute Gasteiger partial charge is 0.480 e. The normalized spacial score (nSPS) is 19.9. The molecule has 2 N–H and O–H groups in total. The lowest BCUT2D eigenvalue weighted by atomic mass is 10.1. The molecule has 0 aromatic rings. The zero-order valence-electron chi connectivity index (χ0n) is 8.67. The number of hydrogen-bond acceptors (Lipinski definition) is 2. The van der Waals surface area contributed by atoms with Gasteiger partial charge in [-0.2, -0.15) is 0 Å². The predicted molar refractivity (Wildman–Crippen MR) is 51.8 cm³/mol. The molecule has 1 rings (SSSR count). The maximum Gasteiger partial charge on any atom is 0.319 e. The lowest BCUT2D eigenvalue weighted by Crippen LogP contribution is -2.41. The summed E-state index contributed by atoms with van der Waals surface area (Å²) in [4.78, 5) is 22.4. The Balaban J connectivity index is 2.46. The Labute approximate surface area is 83.7 Å². The van der Waals surface area contributed by atoms with E-state index < -0.39 is 11.4 Å². The SMILES string of the molecule is CCCC(C)NC(=O)C1(C(=O)O)CC1. The van der Waals surface area contributed by atoms with Gasteiger partial charge in [0.15, 0.2) is 0 Å². The third-order valence-corrected chi connectivity index (χ3v) is 2.69. The quantitative estimate of drug-likeness (QED) is 0.653. The zero-order chi connectivity index (χ0) is 10.8. The first-order chi connectivity index (χ1) is 6.53. The van der Waals surface area contributed by atoms with Crippen molar-refractivity contribution in [3.05, 3.63) is 0 Å². The molecule has 0 bridgehead atoms. The van der Waals surface area contributed by atoms with Crippen LogP contribution in [0.3, 0.4) is 0 Å². The van der Waals surface area contributed by atoms with Gasteiger partial charge in [-0.05, 0) is 26.2 Å². The zero-order valence-corrected chi connectivity index (χ0v) is 8.67. The first-order valence-corrected chi connectivity index (χ1v) is 5.07. The summed E-state index contributed by atoms with van der Waals surface area (Å²) >= 11 is 0. The van der Waals surface area contributed by atoms with Crippen LogP contribution in [-0.4, -0.2) is 23.0 Å². The monoisotopic (exact) mass is 199 g/mol. The summed E-state index contributed by atoms with van der Waals surface area (Å²) in [7, 11) is 0. The molecule has 0 radical (unpaired) electrons. The molecule has 0 spiro atoms. The number of rotatable bonds is 5. The summed E-state index contributed by atoms with van der Waals surface area (Å²) in [5, 5.41) is 11.6. The maximum absolute atomic E-state index is 11.6. The van der Waals surface area contributed by atoms with Crippen LogP contribution in [0.5, 0.6) is 0 Å². The molecule has 14 heavy (non-hydrogen) atoms. The minimum atomic E-state index is -1.10. The Hall–Kier alpha value is -1.06. The molecule has 4 nitrogen and oxygen atoms in total. The second-order valence-corrected chi connectivity index (χ2v) is 4.05. The maximum atomic E-state index is 11.6. The number of amides is 1. The highest BCUT2D eigenvalue weighted by molar-refractivity contribution is 6.04. The van der Waals surface area contributed by atoms with E-state index >= 15 is 0 Å². The first kappa shape index (κ1) is 11.0. The van der Waals surface area contributed by atoms with Crippen LogP contribution in [0.1, 0.15) is 39.5 Å². The van der Waals surface area contributed by atoms with E-state index in [1.54, 1.807) is 0 Å². The summed E-state index contributed by atoms with van der Waals surface area (Å²) in [6, 6.07) is 0.0734. The molecule has 0 heterocycles. The summed E-state index contributed by atoms with van der Waals surface area (Å²) in [6.07, 6.45) is 2.84. The molecule has 1 aliphatic rings. The Morgan fingerprint density at radius 2 is 2.07 bits per heavy atom. The fraction of sp³-hybridized carbons (Fsp3) is 0.800. The van der Waals surface area contributed by atoms with Gasteiger partial charge in [-0.15, -0.1) is 0 Å². The topological polar surface area (TPSA) is 66.4 Å². The number of nitrogens with one attached hydrogen (secondary N) is 1. The number of aliphatic carboxylic acids is 1. The minimum absolute atomic E-state index is 0.0734. The molecule has 1 aliphatic carbocycles. The van der Waals surface area contributed by atoms with Crippen LogP contribution in [0.4, 0.5) is 0 Å². The Morgan fingerprint density at radius 3 is 2.43 bits per heavy atom. The van der Waals surface area contributed by atoms with E-state index in [1.807, 2.05) is 13.8 Å². The summed E-state index contributed by atoms with van der Waals surface area (Å²) in [6.45, 7) is 3.94. The van der Waals surface area contributed by atoms with Gasteiger partial charge < -0.3 is 10.4 Å². The van der Waals surface area contributed by atoms with Gasteiger partial charge in [-0.25, -0.2) is 0 Å². The van der Waals surface area contributed by atoms with E-state index in [4.69, 9.17) is 5.11 Å². The van der Waals surface area contributed by atoms with Crippen LogP contribution < -0.4 is 5.32 Å². The van der Waals surface area contributed by atoms with Crippen molar-refractivity contribution < 1.29 is 14.7 Å². The standard InChI is InChI=1S/C10H17NO3/c1-3-4-7(2)11-8(12)10(5-6-10)9(13)14/h7H,3-6H2,1-2H3,(H,11,12)(H,13,14). The van der Waals surface area contributed by atoms with Crippen LogP contribution >= 0.6 is 0 Å². The molecule has 0 saturated heterocycles. The molecule has 1 atom stereocenters. The van der Waals surface area contributed by atoms with Gasteiger partial charge in [0.25, 0.3) is 0 Å². The molecule has 0 aromatic carbocycles. The average Bonchev–Trinajstić information content (AvgIpc) is 2.83. The fourth-order valence-corrected chi connectivity index (χ4v) is 1.53. The van der Waals surface area contributed by atoms with Gasteiger partial charge in [0.1, 0.15) is 5.41 Å². The molecular formula is C10H17NO3. The molecule has 1 unspecified atom stereocenters. The molecule has 1 saturated carbocycles. The van der Waals surface area contributed by atoms with Gasteiger partial charge in [0.05, 0.1) is 0 Å². The van der Waals surface area contributed by atoms with E-state index in [0.717, 1.165) is 12.8 Å². The fourth-order valence-electron chi connectivity index (χ4n) is 1.53. The average molecular weight is 199 g/mol. The van der Waals surface area contributed by atoms with Gasteiger partial charge in [-0.3, -0.25) is 9.59 Å². The Morgan fingerprint density at radius 1 is 1.50 bits per heavy atom. The van der Waals surface area contributed by atoms with E-state index in [1.165, 1.54) is 0 Å². The molecule has 0 aliphatic heterocycles. The predicted octanol–water partition coefficient (Wildman–Crippen LogP) is 1.16. The van der Waals surface area contributed by atoms with Crippen molar-refractivity contribution in [3.63, 3.8) is 0 Å². The molecule has 1 amide bonds. The number of carbonyl (C=O) groups is 2. The highest BCUT2D eigenvalue weighted by atomic mass is 16.4. The second kappa shape index (κ2) is 3.98. The van der Waals surface area contributed by atoms with Crippen molar-refractivity contribution in [3.8, 4) is 0 Å². The summed E-state index contributed by atoms with van der Waals surface area (Å²) in [5.41, 5.74) is -1.10. The number of carboxylic acids is 1. The highest BCUT2D eigenvalue weighted by Gasteiger charge is 2.57. The molecule has 1 fully saturated rings. The summed E-state index contributed by atoms with van der Waals surface area (Å²) in [5.74, 6) is -1.30. The minimum Gasteiger partial charge on any atom is -0.480 e. The lowest BCUT2D eigenvalue weighted by molar-refractivity contribution is -0.149. The van der Waals surface area contributed by atoms with Crippen LogP contribution in [0, 0.1) is 5.41 Å². The highest BCUT2D eigenvalue weighted by Crippen LogP contribution is 2.46. The van der Waals surface area contributed by atoms with Crippen LogP contribution in [0.15, 0.2) is 0 Å². The lowest BCUT2D eigenvalue weighted by Gasteiger charge is -2.16. The Kier molecular flexibility index (Phi) is 3.13. The van der Waals surface area contributed by atoms with Crippen molar-refractivity contribution in [2.24, 2.45) is 5.41 Å².